The van der Waals surface area contributed by atoms with Crippen LogP contribution >= 0.6 is 0 Å². The fraction of sp³-hybridized carbons (Fsp3) is 0.938. The van der Waals surface area contributed by atoms with E-state index in [0.29, 0.717) is 12.1 Å². The molecule has 1 heterocycles. The summed E-state index contributed by atoms with van der Waals surface area (Å²) in [6.07, 6.45) is 5.24. The molecule has 1 amide bonds. The third-order valence-electron chi connectivity index (χ3n) is 4.32. The molecule has 0 aliphatic carbocycles. The predicted octanol–water partition coefficient (Wildman–Crippen LogP) is 2.05. The SMILES string of the molecule is CC(=O)N1CC(C)N(CCCCCCN(C)C)CC1C. The Morgan fingerprint density at radius 1 is 1.05 bits per heavy atom. The van der Waals surface area contributed by atoms with Gasteiger partial charge in [0.15, 0.2) is 0 Å². The molecule has 0 aromatic rings. The lowest BCUT2D eigenvalue weighted by Crippen LogP contribution is -2.57. The number of hydrogen-bond donors (Lipinski definition) is 0. The average Bonchev–Trinajstić information content (AvgIpc) is 2.36. The van der Waals surface area contributed by atoms with Crippen molar-refractivity contribution in [2.75, 3.05) is 40.3 Å². The van der Waals surface area contributed by atoms with Crippen molar-refractivity contribution in [3.8, 4) is 0 Å². The molecule has 1 saturated heterocycles. The summed E-state index contributed by atoms with van der Waals surface area (Å²) in [6.45, 7) is 10.4. The molecule has 1 aliphatic rings. The van der Waals surface area contributed by atoms with Crippen molar-refractivity contribution in [3.05, 3.63) is 0 Å². The number of unbranched alkanes of at least 4 members (excludes halogenated alkanes) is 3. The summed E-state index contributed by atoms with van der Waals surface area (Å²) in [6, 6.07) is 0.856. The first-order valence-corrected chi connectivity index (χ1v) is 8.07. The Morgan fingerprint density at radius 2 is 1.70 bits per heavy atom. The van der Waals surface area contributed by atoms with Crippen LogP contribution in [0.2, 0.25) is 0 Å². The molecular formula is C16H33N3O. The van der Waals surface area contributed by atoms with Gasteiger partial charge in [0, 0.05) is 32.1 Å². The van der Waals surface area contributed by atoms with Gasteiger partial charge in [0.2, 0.25) is 5.91 Å². The Bertz CT molecular complexity index is 293. The Morgan fingerprint density at radius 3 is 2.30 bits per heavy atom. The van der Waals surface area contributed by atoms with E-state index in [-0.39, 0.29) is 5.91 Å². The highest BCUT2D eigenvalue weighted by molar-refractivity contribution is 5.73. The third-order valence-corrected chi connectivity index (χ3v) is 4.32. The molecule has 118 valence electrons. The summed E-state index contributed by atoms with van der Waals surface area (Å²) < 4.78 is 0. The number of piperazine rings is 1. The summed E-state index contributed by atoms with van der Waals surface area (Å²) in [5.41, 5.74) is 0. The maximum Gasteiger partial charge on any atom is 0.219 e. The highest BCUT2D eigenvalue weighted by atomic mass is 16.2. The lowest BCUT2D eigenvalue weighted by Gasteiger charge is -2.43. The van der Waals surface area contributed by atoms with Crippen LogP contribution in [0.5, 0.6) is 0 Å². The van der Waals surface area contributed by atoms with Crippen molar-refractivity contribution in [1.82, 2.24) is 14.7 Å². The fourth-order valence-electron chi connectivity index (χ4n) is 3.05. The van der Waals surface area contributed by atoms with Gasteiger partial charge >= 0.3 is 0 Å². The normalized spacial score (nSPS) is 24.4. The molecule has 2 unspecified atom stereocenters. The van der Waals surface area contributed by atoms with Crippen molar-refractivity contribution < 1.29 is 4.79 Å². The minimum absolute atomic E-state index is 0.215. The average molecular weight is 283 g/mol. The van der Waals surface area contributed by atoms with Crippen LogP contribution in [0.3, 0.4) is 0 Å². The Balaban J connectivity index is 2.20. The van der Waals surface area contributed by atoms with Crippen LogP contribution in [0.4, 0.5) is 0 Å². The van der Waals surface area contributed by atoms with Crippen LogP contribution < -0.4 is 0 Å². The summed E-state index contributed by atoms with van der Waals surface area (Å²) in [7, 11) is 4.27. The largest absolute Gasteiger partial charge is 0.337 e. The van der Waals surface area contributed by atoms with Crippen molar-refractivity contribution in [3.63, 3.8) is 0 Å². The van der Waals surface area contributed by atoms with Crippen molar-refractivity contribution in [2.24, 2.45) is 0 Å². The highest BCUT2D eigenvalue weighted by Gasteiger charge is 2.29. The Labute approximate surface area is 125 Å². The molecule has 0 aromatic carbocycles. The number of carbonyl (C=O) groups excluding carboxylic acids is 1. The molecule has 4 nitrogen and oxygen atoms in total. The standard InChI is InChI=1S/C16H33N3O/c1-14-13-19(16(3)20)15(2)12-18(14)11-9-7-6-8-10-17(4)5/h14-15H,6-13H2,1-5H3. The van der Waals surface area contributed by atoms with Crippen molar-refractivity contribution >= 4 is 5.91 Å². The molecule has 0 spiro atoms. The van der Waals surface area contributed by atoms with E-state index in [1.807, 2.05) is 4.90 Å². The smallest absolute Gasteiger partial charge is 0.219 e. The number of nitrogens with zero attached hydrogens (tertiary/aromatic N) is 3. The quantitative estimate of drug-likeness (QED) is 0.669. The Hall–Kier alpha value is -0.610. The molecule has 2 atom stereocenters. The van der Waals surface area contributed by atoms with Gasteiger partial charge in [0.05, 0.1) is 0 Å². The molecule has 0 saturated carbocycles. The van der Waals surface area contributed by atoms with Gasteiger partial charge < -0.3 is 9.80 Å². The third kappa shape index (κ3) is 5.80. The monoisotopic (exact) mass is 283 g/mol. The molecule has 1 aliphatic heterocycles. The van der Waals surface area contributed by atoms with Crippen LogP contribution in [0.25, 0.3) is 0 Å². The topological polar surface area (TPSA) is 26.8 Å². The minimum atomic E-state index is 0.215. The zero-order valence-corrected chi connectivity index (χ0v) is 14.1. The van der Waals surface area contributed by atoms with Gasteiger partial charge in [-0.25, -0.2) is 0 Å². The van der Waals surface area contributed by atoms with E-state index in [1.54, 1.807) is 6.92 Å². The zero-order valence-electron chi connectivity index (χ0n) is 14.1. The van der Waals surface area contributed by atoms with Gasteiger partial charge in [-0.1, -0.05) is 12.8 Å². The Kier molecular flexibility index (Phi) is 7.52. The van der Waals surface area contributed by atoms with Crippen molar-refractivity contribution in [2.45, 2.75) is 58.5 Å². The van der Waals surface area contributed by atoms with E-state index in [1.165, 1.54) is 38.8 Å². The summed E-state index contributed by atoms with van der Waals surface area (Å²) in [5.74, 6) is 0.215. The molecular weight excluding hydrogens is 250 g/mol. The van der Waals surface area contributed by atoms with E-state index >= 15 is 0 Å². The van der Waals surface area contributed by atoms with Crippen LogP contribution in [0, 0.1) is 0 Å². The second-order valence-electron chi connectivity index (χ2n) is 6.58. The van der Waals surface area contributed by atoms with Gasteiger partial charge in [-0.05, 0) is 53.9 Å². The molecule has 0 N–H and O–H groups in total. The number of hydrogen-bond acceptors (Lipinski definition) is 3. The van der Waals surface area contributed by atoms with E-state index in [9.17, 15) is 4.79 Å². The van der Waals surface area contributed by atoms with Crippen molar-refractivity contribution in [1.29, 1.82) is 0 Å². The molecule has 4 heteroatoms. The molecule has 0 aromatic heterocycles. The van der Waals surface area contributed by atoms with Crippen LogP contribution in [0.15, 0.2) is 0 Å². The molecule has 1 fully saturated rings. The maximum absolute atomic E-state index is 11.6. The predicted molar refractivity (Wildman–Crippen MR) is 84.9 cm³/mol. The lowest BCUT2D eigenvalue weighted by molar-refractivity contribution is -0.134. The molecule has 1 rings (SSSR count). The van der Waals surface area contributed by atoms with E-state index in [4.69, 9.17) is 0 Å². The number of amides is 1. The van der Waals surface area contributed by atoms with Gasteiger partial charge in [-0.3, -0.25) is 9.69 Å². The van der Waals surface area contributed by atoms with Crippen LogP contribution in [-0.4, -0.2) is 73.0 Å². The number of rotatable bonds is 7. The van der Waals surface area contributed by atoms with E-state index in [0.717, 1.165) is 13.1 Å². The first kappa shape index (κ1) is 17.4. The van der Waals surface area contributed by atoms with Gasteiger partial charge in [-0.2, -0.15) is 0 Å². The van der Waals surface area contributed by atoms with Gasteiger partial charge in [0.25, 0.3) is 0 Å². The fourth-order valence-corrected chi connectivity index (χ4v) is 3.05. The number of carbonyl (C=O) groups is 1. The van der Waals surface area contributed by atoms with E-state index < -0.39 is 0 Å². The first-order chi connectivity index (χ1) is 9.41. The molecule has 0 radical (unpaired) electrons. The molecule has 20 heavy (non-hydrogen) atoms. The van der Waals surface area contributed by atoms with E-state index in [2.05, 4.69) is 37.7 Å². The second kappa shape index (κ2) is 8.63. The highest BCUT2D eigenvalue weighted by Crippen LogP contribution is 2.16. The lowest BCUT2D eigenvalue weighted by atomic mass is 10.1. The van der Waals surface area contributed by atoms with Gasteiger partial charge in [-0.15, -0.1) is 0 Å². The summed E-state index contributed by atoms with van der Waals surface area (Å²) in [5, 5.41) is 0. The van der Waals surface area contributed by atoms with Crippen LogP contribution in [0.1, 0.15) is 46.5 Å². The summed E-state index contributed by atoms with van der Waals surface area (Å²) in [4.78, 5) is 18.4. The zero-order chi connectivity index (χ0) is 15.1. The van der Waals surface area contributed by atoms with Crippen LogP contribution in [-0.2, 0) is 4.79 Å². The van der Waals surface area contributed by atoms with Gasteiger partial charge in [0.1, 0.15) is 0 Å². The first-order valence-electron chi connectivity index (χ1n) is 8.07. The molecule has 0 bridgehead atoms. The minimum Gasteiger partial charge on any atom is -0.337 e. The maximum atomic E-state index is 11.6. The second-order valence-corrected chi connectivity index (χ2v) is 6.58. The summed E-state index contributed by atoms with van der Waals surface area (Å²) >= 11 is 0.